The molecule has 2 rings (SSSR count). The maximum absolute atomic E-state index is 12.4. The second-order valence-corrected chi connectivity index (χ2v) is 5.41. The van der Waals surface area contributed by atoms with Crippen LogP contribution in [-0.2, 0) is 13.1 Å². The minimum atomic E-state index is -0.0219. The first-order chi connectivity index (χ1) is 9.02. The molecule has 0 atom stereocenters. The van der Waals surface area contributed by atoms with Crippen molar-refractivity contribution in [3.8, 4) is 0 Å². The lowest BCUT2D eigenvalue weighted by Crippen LogP contribution is -2.28. The minimum absolute atomic E-state index is 0.0219. The van der Waals surface area contributed by atoms with Crippen molar-refractivity contribution in [1.82, 2.24) is 14.5 Å². The van der Waals surface area contributed by atoms with Gasteiger partial charge in [0.1, 0.15) is 5.69 Å². The number of aromatic nitrogens is 2. The van der Waals surface area contributed by atoms with E-state index in [0.29, 0.717) is 17.9 Å². The van der Waals surface area contributed by atoms with Crippen LogP contribution in [0.25, 0.3) is 0 Å². The van der Waals surface area contributed by atoms with Crippen molar-refractivity contribution in [3.05, 3.63) is 34.0 Å². The van der Waals surface area contributed by atoms with Crippen LogP contribution in [0.2, 0.25) is 0 Å². The zero-order chi connectivity index (χ0) is 14.0. The Morgan fingerprint density at radius 3 is 2.89 bits per heavy atom. The van der Waals surface area contributed by atoms with Crippen LogP contribution in [0.15, 0.2) is 17.8 Å². The summed E-state index contributed by atoms with van der Waals surface area (Å²) in [5.41, 5.74) is 9.78. The lowest BCUT2D eigenvalue weighted by molar-refractivity contribution is 0.0775. The highest BCUT2D eigenvalue weighted by atomic mass is 32.1. The monoisotopic (exact) mass is 278 g/mol. The minimum Gasteiger partial charge on any atom is -0.397 e. The summed E-state index contributed by atoms with van der Waals surface area (Å²) in [6, 6.07) is 1.72. The molecule has 2 heterocycles. The summed E-state index contributed by atoms with van der Waals surface area (Å²) < 4.78 is 1.87. The third-order valence-corrected chi connectivity index (χ3v) is 3.97. The van der Waals surface area contributed by atoms with Gasteiger partial charge in [0.15, 0.2) is 0 Å². The molecule has 0 aliphatic rings. The summed E-state index contributed by atoms with van der Waals surface area (Å²) in [7, 11) is 1.80. The number of amides is 1. The SMILES string of the molecule is CCn1cc(N)cc1C(=O)N(C)Cc1scnc1C. The maximum Gasteiger partial charge on any atom is 0.270 e. The Morgan fingerprint density at radius 1 is 1.58 bits per heavy atom. The van der Waals surface area contributed by atoms with Crippen LogP contribution in [0.1, 0.15) is 28.0 Å². The van der Waals surface area contributed by atoms with Gasteiger partial charge in [0.05, 0.1) is 23.4 Å². The number of aryl methyl sites for hydroxylation is 2. The summed E-state index contributed by atoms with van der Waals surface area (Å²) >= 11 is 1.57. The third kappa shape index (κ3) is 2.78. The average molecular weight is 278 g/mol. The van der Waals surface area contributed by atoms with Gasteiger partial charge in [-0.2, -0.15) is 0 Å². The van der Waals surface area contributed by atoms with Crippen LogP contribution in [-0.4, -0.2) is 27.4 Å². The fourth-order valence-electron chi connectivity index (χ4n) is 1.93. The van der Waals surface area contributed by atoms with Crippen LogP contribution in [0, 0.1) is 6.92 Å². The molecule has 0 radical (unpaired) electrons. The zero-order valence-electron chi connectivity index (χ0n) is 11.4. The summed E-state index contributed by atoms with van der Waals surface area (Å²) in [5, 5.41) is 0. The van der Waals surface area contributed by atoms with E-state index in [0.717, 1.165) is 17.1 Å². The molecule has 2 aromatic heterocycles. The van der Waals surface area contributed by atoms with Crippen LogP contribution < -0.4 is 5.73 Å². The van der Waals surface area contributed by atoms with E-state index in [1.165, 1.54) is 0 Å². The Bertz CT molecular complexity index is 587. The van der Waals surface area contributed by atoms with E-state index < -0.39 is 0 Å². The second kappa shape index (κ2) is 5.44. The van der Waals surface area contributed by atoms with Crippen molar-refractivity contribution in [2.45, 2.75) is 26.9 Å². The molecule has 0 aliphatic heterocycles. The van der Waals surface area contributed by atoms with Gasteiger partial charge in [-0.25, -0.2) is 4.98 Å². The molecule has 0 saturated carbocycles. The second-order valence-electron chi connectivity index (χ2n) is 4.47. The molecule has 6 heteroatoms. The molecule has 0 bridgehead atoms. The molecule has 0 aromatic carbocycles. The van der Waals surface area contributed by atoms with Crippen LogP contribution in [0.3, 0.4) is 0 Å². The van der Waals surface area contributed by atoms with Gasteiger partial charge in [-0.1, -0.05) is 0 Å². The molecular weight excluding hydrogens is 260 g/mol. The number of nitrogens with zero attached hydrogens (tertiary/aromatic N) is 3. The van der Waals surface area contributed by atoms with Gasteiger partial charge in [-0.15, -0.1) is 11.3 Å². The van der Waals surface area contributed by atoms with E-state index >= 15 is 0 Å². The predicted octanol–water partition coefficient (Wildman–Crippen LogP) is 2.13. The quantitative estimate of drug-likeness (QED) is 0.931. The number of anilines is 1. The Kier molecular flexibility index (Phi) is 3.90. The molecule has 102 valence electrons. The molecule has 0 saturated heterocycles. The maximum atomic E-state index is 12.4. The molecule has 2 aromatic rings. The van der Waals surface area contributed by atoms with Gasteiger partial charge in [-0.3, -0.25) is 4.79 Å². The van der Waals surface area contributed by atoms with Gasteiger partial charge in [0.25, 0.3) is 5.91 Å². The summed E-state index contributed by atoms with van der Waals surface area (Å²) in [5.74, 6) is -0.0219. The summed E-state index contributed by atoms with van der Waals surface area (Å²) in [4.78, 5) is 19.4. The number of hydrogen-bond donors (Lipinski definition) is 1. The first-order valence-electron chi connectivity index (χ1n) is 6.13. The lowest BCUT2D eigenvalue weighted by atomic mass is 10.3. The van der Waals surface area contributed by atoms with Crippen molar-refractivity contribution < 1.29 is 4.79 Å². The Labute approximate surface area is 116 Å². The molecule has 5 nitrogen and oxygen atoms in total. The lowest BCUT2D eigenvalue weighted by Gasteiger charge is -2.17. The fourth-order valence-corrected chi connectivity index (χ4v) is 2.76. The third-order valence-electron chi connectivity index (χ3n) is 3.05. The van der Waals surface area contributed by atoms with Crippen LogP contribution in [0.5, 0.6) is 0 Å². The average Bonchev–Trinajstić information content (AvgIpc) is 2.95. The molecular formula is C13H18N4OS. The van der Waals surface area contributed by atoms with E-state index in [4.69, 9.17) is 5.73 Å². The number of thiazole rings is 1. The fraction of sp³-hybridized carbons (Fsp3) is 0.385. The predicted molar refractivity (Wildman–Crippen MR) is 77.2 cm³/mol. The highest BCUT2D eigenvalue weighted by molar-refractivity contribution is 7.09. The Morgan fingerprint density at radius 2 is 2.32 bits per heavy atom. The van der Waals surface area contributed by atoms with Gasteiger partial charge in [0, 0.05) is 24.7 Å². The van der Waals surface area contributed by atoms with Gasteiger partial charge < -0.3 is 15.2 Å². The van der Waals surface area contributed by atoms with Gasteiger partial charge in [0.2, 0.25) is 0 Å². The zero-order valence-corrected chi connectivity index (χ0v) is 12.2. The molecule has 19 heavy (non-hydrogen) atoms. The number of carbonyl (C=O) groups excluding carboxylic acids is 1. The number of carbonyl (C=O) groups is 1. The van der Waals surface area contributed by atoms with Gasteiger partial charge >= 0.3 is 0 Å². The summed E-state index contributed by atoms with van der Waals surface area (Å²) in [6.07, 6.45) is 1.79. The van der Waals surface area contributed by atoms with Crippen LogP contribution in [0.4, 0.5) is 5.69 Å². The molecule has 0 unspecified atom stereocenters. The van der Waals surface area contributed by atoms with E-state index in [1.807, 2.05) is 18.4 Å². The van der Waals surface area contributed by atoms with E-state index in [-0.39, 0.29) is 5.91 Å². The number of rotatable bonds is 4. The molecule has 1 amide bonds. The first kappa shape index (κ1) is 13.6. The smallest absolute Gasteiger partial charge is 0.270 e. The number of nitrogens with two attached hydrogens (primary N) is 1. The van der Waals surface area contributed by atoms with Crippen molar-refractivity contribution in [3.63, 3.8) is 0 Å². The normalized spacial score (nSPS) is 10.7. The largest absolute Gasteiger partial charge is 0.397 e. The Balaban J connectivity index is 2.17. The van der Waals surface area contributed by atoms with Crippen LogP contribution >= 0.6 is 11.3 Å². The Hall–Kier alpha value is -1.82. The number of nitrogen functional groups attached to an aromatic ring is 1. The number of hydrogen-bond acceptors (Lipinski definition) is 4. The molecule has 0 aliphatic carbocycles. The van der Waals surface area contributed by atoms with Crippen molar-refractivity contribution in [2.24, 2.45) is 0 Å². The van der Waals surface area contributed by atoms with Crippen molar-refractivity contribution in [2.75, 3.05) is 12.8 Å². The summed E-state index contributed by atoms with van der Waals surface area (Å²) in [6.45, 7) is 5.25. The van der Waals surface area contributed by atoms with E-state index in [2.05, 4.69) is 4.98 Å². The van der Waals surface area contributed by atoms with E-state index in [1.54, 1.807) is 41.1 Å². The highest BCUT2D eigenvalue weighted by Crippen LogP contribution is 2.17. The standard InChI is InChI=1S/C13H18N4OS/c1-4-17-6-10(14)5-11(17)13(18)16(3)7-12-9(2)15-8-19-12/h5-6,8H,4,7,14H2,1-3H3. The van der Waals surface area contributed by atoms with Gasteiger partial charge in [-0.05, 0) is 19.9 Å². The topological polar surface area (TPSA) is 64.2 Å². The molecule has 2 N–H and O–H groups in total. The first-order valence-corrected chi connectivity index (χ1v) is 7.01. The molecule has 0 fully saturated rings. The van der Waals surface area contributed by atoms with Crippen molar-refractivity contribution >= 4 is 22.9 Å². The molecule has 0 spiro atoms. The highest BCUT2D eigenvalue weighted by Gasteiger charge is 2.18. The van der Waals surface area contributed by atoms with Crippen molar-refractivity contribution in [1.29, 1.82) is 0 Å². The van der Waals surface area contributed by atoms with E-state index in [9.17, 15) is 4.79 Å².